The first-order valence-electron chi connectivity index (χ1n) is 12.7. The molecule has 0 aliphatic carbocycles. The van der Waals surface area contributed by atoms with Crippen molar-refractivity contribution >= 4 is 28.6 Å². The van der Waals surface area contributed by atoms with Crippen molar-refractivity contribution in [1.82, 2.24) is 19.9 Å². The van der Waals surface area contributed by atoms with Crippen LogP contribution < -0.4 is 15.0 Å². The molecule has 3 aromatic heterocycles. The first-order valence-corrected chi connectivity index (χ1v) is 12.7. The minimum absolute atomic E-state index is 0.232. The molecule has 0 saturated heterocycles. The number of nitrogens with one attached hydrogen (secondary N) is 2. The molecule has 2 N–H and O–H groups in total. The van der Waals surface area contributed by atoms with Gasteiger partial charge in [0, 0.05) is 60.1 Å². The zero-order chi connectivity index (χ0) is 25.8. The summed E-state index contributed by atoms with van der Waals surface area (Å²) in [7, 11) is 0. The van der Waals surface area contributed by atoms with E-state index >= 15 is 0 Å². The smallest absolute Gasteiger partial charge is 0.256 e. The predicted molar refractivity (Wildman–Crippen MR) is 146 cm³/mol. The summed E-state index contributed by atoms with van der Waals surface area (Å²) in [5, 5.41) is 3.90. The lowest BCUT2D eigenvalue weighted by Crippen LogP contribution is -2.27. The van der Waals surface area contributed by atoms with Gasteiger partial charge in [0.05, 0.1) is 6.61 Å². The van der Waals surface area contributed by atoms with Gasteiger partial charge >= 0.3 is 0 Å². The molecular formula is C28H36N6O2. The molecule has 0 aliphatic rings. The Bertz CT molecular complexity index is 1220. The Kier molecular flexibility index (Phi) is 10.2. The molecule has 0 atom stereocenters. The van der Waals surface area contributed by atoms with Crippen molar-refractivity contribution in [2.24, 2.45) is 0 Å². The average molecular weight is 489 g/mol. The molecule has 4 rings (SSSR count). The number of H-pyrrole nitrogens is 1. The molecule has 8 heteroatoms. The van der Waals surface area contributed by atoms with Crippen LogP contribution >= 0.6 is 0 Å². The highest BCUT2D eigenvalue weighted by molar-refractivity contribution is 6.05. The van der Waals surface area contributed by atoms with E-state index in [1.54, 1.807) is 18.3 Å². The highest BCUT2D eigenvalue weighted by Crippen LogP contribution is 2.21. The van der Waals surface area contributed by atoms with Crippen LogP contribution in [0.15, 0.2) is 60.9 Å². The largest absolute Gasteiger partial charge is 0.477 e. The quantitative estimate of drug-likeness (QED) is 0.274. The summed E-state index contributed by atoms with van der Waals surface area (Å²) < 4.78 is 5.96. The number of amides is 1. The number of aromatic nitrogens is 4. The van der Waals surface area contributed by atoms with Crippen LogP contribution in [0.4, 0.5) is 11.8 Å². The zero-order valence-corrected chi connectivity index (χ0v) is 21.6. The summed E-state index contributed by atoms with van der Waals surface area (Å²) in [6.45, 7) is 10.3. The van der Waals surface area contributed by atoms with Gasteiger partial charge in [-0.3, -0.25) is 9.78 Å². The topological polar surface area (TPSA) is 96.0 Å². The molecule has 4 aromatic rings. The summed E-state index contributed by atoms with van der Waals surface area (Å²) in [6, 6.07) is 15.0. The van der Waals surface area contributed by atoms with Gasteiger partial charge in [0.2, 0.25) is 11.8 Å². The lowest BCUT2D eigenvalue weighted by molar-refractivity contribution is 0.102. The normalized spacial score (nSPS) is 10.4. The number of carbonyl (C=O) groups excluding carboxylic acids is 1. The van der Waals surface area contributed by atoms with Crippen molar-refractivity contribution in [3.8, 4) is 5.88 Å². The number of hydrogen-bond donors (Lipinski definition) is 2. The fourth-order valence-corrected chi connectivity index (χ4v) is 3.73. The van der Waals surface area contributed by atoms with Crippen molar-refractivity contribution < 1.29 is 9.53 Å². The summed E-state index contributed by atoms with van der Waals surface area (Å²) in [5.74, 6) is 1.16. The number of rotatable bonds is 11. The Balaban J connectivity index is 0.00000176. The molecule has 8 nitrogen and oxygen atoms in total. The third kappa shape index (κ3) is 7.28. The van der Waals surface area contributed by atoms with Crippen molar-refractivity contribution in [1.29, 1.82) is 0 Å². The molecule has 0 fully saturated rings. The van der Waals surface area contributed by atoms with Gasteiger partial charge in [-0.1, -0.05) is 33.8 Å². The van der Waals surface area contributed by atoms with Gasteiger partial charge < -0.3 is 19.9 Å². The number of nitrogens with zero attached hydrogens (tertiary/aromatic N) is 4. The molecule has 3 heterocycles. The minimum atomic E-state index is -0.232. The predicted octanol–water partition coefficient (Wildman–Crippen LogP) is 5.88. The van der Waals surface area contributed by atoms with Gasteiger partial charge in [-0.15, -0.1) is 0 Å². The lowest BCUT2D eigenvalue weighted by Gasteiger charge is -2.22. The molecule has 0 unspecified atom stereocenters. The van der Waals surface area contributed by atoms with E-state index in [9.17, 15) is 4.79 Å². The zero-order valence-electron chi connectivity index (χ0n) is 21.6. The Morgan fingerprint density at radius 1 is 1.03 bits per heavy atom. The van der Waals surface area contributed by atoms with Crippen LogP contribution in [0.1, 0.15) is 56.6 Å². The molecule has 0 spiro atoms. The minimum Gasteiger partial charge on any atom is -0.477 e. The number of carbonyl (C=O) groups is 1. The number of hydrogen-bond acceptors (Lipinski definition) is 6. The fraction of sp³-hybridized carbons (Fsp3) is 0.357. The van der Waals surface area contributed by atoms with E-state index in [1.807, 2.05) is 56.4 Å². The van der Waals surface area contributed by atoms with Crippen LogP contribution in [0.25, 0.3) is 10.9 Å². The van der Waals surface area contributed by atoms with Crippen LogP contribution in [0, 0.1) is 0 Å². The van der Waals surface area contributed by atoms with E-state index in [-0.39, 0.29) is 5.91 Å². The number of ether oxygens (including phenoxy) is 1. The maximum absolute atomic E-state index is 13.0. The number of fused-ring (bicyclic) bond motifs is 1. The molecule has 0 aliphatic heterocycles. The first-order chi connectivity index (χ1) is 17.7. The molecule has 0 bridgehead atoms. The van der Waals surface area contributed by atoms with Crippen LogP contribution in [-0.2, 0) is 6.42 Å². The molecular weight excluding hydrogens is 452 g/mol. The second kappa shape index (κ2) is 13.8. The number of pyridine rings is 1. The van der Waals surface area contributed by atoms with Gasteiger partial charge in [0.15, 0.2) is 0 Å². The Labute approximate surface area is 213 Å². The second-order valence-electron chi connectivity index (χ2n) is 8.03. The van der Waals surface area contributed by atoms with E-state index in [0.717, 1.165) is 42.5 Å². The van der Waals surface area contributed by atoms with Gasteiger partial charge in [0.1, 0.15) is 5.82 Å². The Morgan fingerprint density at radius 2 is 1.83 bits per heavy atom. The summed E-state index contributed by atoms with van der Waals surface area (Å²) in [5.41, 5.74) is 2.49. The fourth-order valence-electron chi connectivity index (χ4n) is 3.73. The second-order valence-corrected chi connectivity index (χ2v) is 8.03. The third-order valence-corrected chi connectivity index (χ3v) is 5.35. The lowest BCUT2D eigenvalue weighted by atomic mass is 10.1. The number of anilines is 2. The number of aromatic amines is 1. The summed E-state index contributed by atoms with van der Waals surface area (Å²) in [4.78, 5) is 31.8. The van der Waals surface area contributed by atoms with E-state index in [1.165, 1.54) is 0 Å². The molecule has 0 saturated carbocycles. The third-order valence-electron chi connectivity index (χ3n) is 5.35. The van der Waals surface area contributed by atoms with Crippen molar-refractivity contribution in [2.75, 3.05) is 29.9 Å². The summed E-state index contributed by atoms with van der Waals surface area (Å²) in [6.07, 6.45) is 6.21. The van der Waals surface area contributed by atoms with Crippen LogP contribution in [0.5, 0.6) is 5.88 Å². The molecule has 1 amide bonds. The standard InChI is InChI=1S/C26H30N6O2.C2H6/c1-3-14-32(15-4-2)26-30-23(18-24(31-26)34-16-11-21-7-5-6-12-27-21)29-25(33)20-8-9-22-19(17-20)10-13-28-22;1-2/h5-10,12-13,17-18,28H,3-4,11,14-16H2,1-2H3,(H,29,30,31,33);1-2H3. The summed E-state index contributed by atoms with van der Waals surface area (Å²) >= 11 is 0. The first kappa shape index (κ1) is 26.7. The highest BCUT2D eigenvalue weighted by Gasteiger charge is 2.15. The molecule has 0 radical (unpaired) electrons. The van der Waals surface area contributed by atoms with E-state index < -0.39 is 0 Å². The molecule has 1 aromatic carbocycles. The average Bonchev–Trinajstić information content (AvgIpc) is 3.38. The Hall–Kier alpha value is -3.94. The van der Waals surface area contributed by atoms with E-state index in [2.05, 4.69) is 44.0 Å². The highest BCUT2D eigenvalue weighted by atomic mass is 16.5. The van der Waals surface area contributed by atoms with Gasteiger partial charge in [-0.05, 0) is 49.2 Å². The van der Waals surface area contributed by atoms with E-state index in [4.69, 9.17) is 4.74 Å². The number of benzene rings is 1. The maximum atomic E-state index is 13.0. The van der Waals surface area contributed by atoms with Crippen LogP contribution in [0.3, 0.4) is 0 Å². The van der Waals surface area contributed by atoms with Crippen molar-refractivity contribution in [3.05, 3.63) is 72.2 Å². The molecule has 36 heavy (non-hydrogen) atoms. The SMILES string of the molecule is CC.CCCN(CCC)c1nc(NC(=O)c2ccc3[nH]ccc3c2)cc(OCCc2ccccn2)n1. The Morgan fingerprint density at radius 3 is 2.56 bits per heavy atom. The van der Waals surface area contributed by atoms with Crippen molar-refractivity contribution in [2.45, 2.75) is 47.0 Å². The van der Waals surface area contributed by atoms with Crippen molar-refractivity contribution in [3.63, 3.8) is 0 Å². The van der Waals surface area contributed by atoms with Gasteiger partial charge in [-0.2, -0.15) is 9.97 Å². The van der Waals surface area contributed by atoms with Gasteiger partial charge in [0.25, 0.3) is 5.91 Å². The maximum Gasteiger partial charge on any atom is 0.256 e. The molecule has 190 valence electrons. The monoisotopic (exact) mass is 488 g/mol. The van der Waals surface area contributed by atoms with Crippen LogP contribution in [0.2, 0.25) is 0 Å². The van der Waals surface area contributed by atoms with E-state index in [0.29, 0.717) is 36.2 Å². The van der Waals surface area contributed by atoms with Crippen LogP contribution in [-0.4, -0.2) is 45.5 Å². The van der Waals surface area contributed by atoms with Gasteiger partial charge in [-0.25, -0.2) is 0 Å².